The van der Waals surface area contributed by atoms with Crippen LogP contribution in [0.4, 0.5) is 14.4 Å². The van der Waals surface area contributed by atoms with Crippen LogP contribution in [0.3, 0.4) is 0 Å². The maximum Gasteiger partial charge on any atom is 0.410 e. The van der Waals surface area contributed by atoms with Gasteiger partial charge in [-0.2, -0.15) is 0 Å². The van der Waals surface area contributed by atoms with Crippen LogP contribution >= 0.6 is 0 Å². The molecule has 22 nitrogen and oxygen atoms in total. The number of rotatable bonds is 14. The predicted octanol–water partition coefficient (Wildman–Crippen LogP) is -0.938. The number of ether oxygens (including phenoxy) is 7. The molecule has 3 aliphatic rings. The summed E-state index contributed by atoms with van der Waals surface area (Å²) >= 11 is 0. The van der Waals surface area contributed by atoms with E-state index in [1.165, 1.54) is 14.0 Å². The molecule has 22 heteroatoms. The molecule has 4 amide bonds. The lowest BCUT2D eigenvalue weighted by Gasteiger charge is -2.50. The maximum absolute atomic E-state index is 13.3. The lowest BCUT2D eigenvalue weighted by molar-refractivity contribution is -0.311. The molecule has 12 atom stereocenters. The molecule has 0 radical (unpaired) electrons. The number of carbonyl (C=O) groups is 4. The number of aliphatic hydroxyl groups is 6. The van der Waals surface area contributed by atoms with E-state index in [0.29, 0.717) is 5.76 Å². The average molecular weight is 880 g/mol. The van der Waals surface area contributed by atoms with Crippen LogP contribution in [0, 0.1) is 0 Å². The molecule has 0 aromatic heterocycles. The number of nitrogens with one attached hydrogen (secondary N) is 4. The summed E-state index contributed by atoms with van der Waals surface area (Å²) in [5, 5.41) is 75.0. The van der Waals surface area contributed by atoms with E-state index < -0.39 is 134 Å². The summed E-state index contributed by atoms with van der Waals surface area (Å²) in [7, 11) is 1.31. The van der Waals surface area contributed by atoms with Crippen molar-refractivity contribution in [2.75, 3.05) is 40.0 Å². The van der Waals surface area contributed by atoms with E-state index in [1.807, 2.05) is 0 Å². The fourth-order valence-electron chi connectivity index (χ4n) is 6.92. The van der Waals surface area contributed by atoms with Crippen molar-refractivity contribution in [3.63, 3.8) is 0 Å². The number of nitrogens with zero attached hydrogens (tertiary/aromatic N) is 1. The molecule has 1 saturated carbocycles. The highest BCUT2D eigenvalue weighted by molar-refractivity contribution is 5.77. The van der Waals surface area contributed by atoms with Crippen LogP contribution in [0.1, 0.15) is 82.1 Å². The molecule has 0 spiro atoms. The van der Waals surface area contributed by atoms with E-state index in [0.717, 1.165) is 4.90 Å². The predicted molar refractivity (Wildman–Crippen MR) is 213 cm³/mol. The van der Waals surface area contributed by atoms with E-state index in [4.69, 9.17) is 33.2 Å². The van der Waals surface area contributed by atoms with Crippen molar-refractivity contribution < 1.29 is 83.0 Å². The van der Waals surface area contributed by atoms with Gasteiger partial charge in [0.1, 0.15) is 59.2 Å². The number of carbonyl (C=O) groups excluding carboxylic acids is 4. The molecule has 2 heterocycles. The van der Waals surface area contributed by atoms with Crippen LogP contribution in [-0.2, 0) is 38.0 Å². The molecule has 10 N–H and O–H groups in total. The van der Waals surface area contributed by atoms with Gasteiger partial charge in [-0.1, -0.05) is 0 Å². The minimum Gasteiger partial charge on any atom is -0.466 e. The Morgan fingerprint density at radius 1 is 0.836 bits per heavy atom. The maximum atomic E-state index is 13.3. The largest absolute Gasteiger partial charge is 0.466 e. The molecule has 1 saturated heterocycles. The summed E-state index contributed by atoms with van der Waals surface area (Å²) in [4.78, 5) is 53.2. The molecule has 2 aliphatic heterocycles. The topological polar surface area (TPSA) is 306 Å². The summed E-state index contributed by atoms with van der Waals surface area (Å²) in [5.74, 6) is -0.589. The zero-order valence-electron chi connectivity index (χ0n) is 37.0. The minimum atomic E-state index is -1.84. The summed E-state index contributed by atoms with van der Waals surface area (Å²) < 4.78 is 41.1. The lowest BCUT2D eigenvalue weighted by Crippen LogP contribution is -2.70. The molecule has 1 aliphatic carbocycles. The van der Waals surface area contributed by atoms with Gasteiger partial charge in [0.25, 0.3) is 0 Å². The second kappa shape index (κ2) is 21.2. The molecule has 1 unspecified atom stereocenters. The first-order valence-electron chi connectivity index (χ1n) is 20.3. The van der Waals surface area contributed by atoms with Gasteiger partial charge >= 0.3 is 18.3 Å². The highest BCUT2D eigenvalue weighted by Crippen LogP contribution is 2.35. The van der Waals surface area contributed by atoms with Gasteiger partial charge in [-0.15, -0.1) is 0 Å². The number of alkyl carbamates (subject to hydrolysis) is 2. The summed E-state index contributed by atoms with van der Waals surface area (Å²) in [6, 6.07) is -4.77. The van der Waals surface area contributed by atoms with Crippen LogP contribution in [0.15, 0.2) is 11.8 Å². The van der Waals surface area contributed by atoms with Crippen molar-refractivity contribution in [3.05, 3.63) is 11.8 Å². The number of hydrogen-bond donors (Lipinski definition) is 10. The Morgan fingerprint density at radius 3 is 1.89 bits per heavy atom. The molecule has 352 valence electrons. The smallest absolute Gasteiger partial charge is 0.410 e. The third kappa shape index (κ3) is 15.9. The van der Waals surface area contributed by atoms with Gasteiger partial charge in [-0.05, 0) is 88.2 Å². The Morgan fingerprint density at radius 2 is 1.36 bits per heavy atom. The van der Waals surface area contributed by atoms with Gasteiger partial charge in [-0.3, -0.25) is 4.79 Å². The fourth-order valence-corrected chi connectivity index (χ4v) is 6.92. The fraction of sp³-hybridized carbons (Fsp3) is 0.846. The van der Waals surface area contributed by atoms with Gasteiger partial charge in [-0.25, -0.2) is 14.4 Å². The zero-order chi connectivity index (χ0) is 46.2. The first kappa shape index (κ1) is 51.8. The normalized spacial score (nSPS) is 31.4. The van der Waals surface area contributed by atoms with Gasteiger partial charge < -0.3 is 90.0 Å². The van der Waals surface area contributed by atoms with Gasteiger partial charge in [0.2, 0.25) is 12.2 Å². The summed E-state index contributed by atoms with van der Waals surface area (Å²) in [5.41, 5.74) is -4.60. The number of hydrogen-bond acceptors (Lipinski definition) is 18. The number of aliphatic hydroxyl groups excluding tert-OH is 5. The Balaban J connectivity index is 2.05. The van der Waals surface area contributed by atoms with Gasteiger partial charge in [0.15, 0.2) is 6.29 Å². The van der Waals surface area contributed by atoms with Crippen molar-refractivity contribution in [3.8, 4) is 0 Å². The zero-order valence-corrected chi connectivity index (χ0v) is 37.0. The highest BCUT2D eigenvalue weighted by Gasteiger charge is 2.55. The van der Waals surface area contributed by atoms with E-state index in [1.54, 1.807) is 68.4 Å². The Hall–Kier alpha value is -3.58. The third-order valence-corrected chi connectivity index (χ3v) is 9.41. The monoisotopic (exact) mass is 879 g/mol. The SMILES string of the molecule is CN(C(=O)OC(C)(C)C)[C@@H]1[C@@H](O)[C@@H](O[C@@H]2[C@@H](O)[C@H](O[C@H]3OC(CNCC(O)CO)=CC[C@H]3NC(=O)OC(C)(C)C)[C@@H](NC(=O)OC(C)(C)C)C[C@H]2NC(=O)CO)OC[C@]1(C)O. The highest BCUT2D eigenvalue weighted by atomic mass is 16.7. The van der Waals surface area contributed by atoms with Crippen molar-refractivity contribution in [2.45, 2.75) is 172 Å². The second-order valence-electron chi connectivity index (χ2n) is 18.7. The molecule has 3 rings (SSSR count). The minimum absolute atomic E-state index is 0.00441. The first-order valence-corrected chi connectivity index (χ1v) is 20.3. The van der Waals surface area contributed by atoms with Crippen molar-refractivity contribution in [1.82, 2.24) is 26.2 Å². The van der Waals surface area contributed by atoms with Crippen LogP contribution in [0.25, 0.3) is 0 Å². The number of likely N-dealkylation sites (N-methyl/N-ethyl adjacent to an activating group) is 1. The summed E-state index contributed by atoms with van der Waals surface area (Å²) in [6.07, 6.45) is -11.9. The van der Waals surface area contributed by atoms with Crippen molar-refractivity contribution in [1.29, 1.82) is 0 Å². The summed E-state index contributed by atoms with van der Waals surface area (Å²) in [6.45, 7) is 14.3. The Bertz CT molecular complexity index is 1510. The third-order valence-electron chi connectivity index (χ3n) is 9.41. The number of amides is 4. The standard InChI is InChI=1S/C39H69N5O17/c1-36(2,3)59-33(51)42-22-13-12-21(16-40-15-20(47)17-45)56-31(22)57-29-24(43-34(52)60-37(4,5)6)14-23(41-25(48)18-46)28(26(29)49)58-32-27(50)30(39(10,54)19-55-32)44(11)35(53)61-38(7,8)9/h12,20,22-24,26-32,40,45-47,49-50,54H,13-19H2,1-11H3,(H,41,48)(H,42,51)(H,43,52)/t20?,22-,23-,24+,26-,27-,28+,29-,30-,31-,32-,39+/m1/s1. The molecular formula is C39H69N5O17. The molecule has 61 heavy (non-hydrogen) atoms. The van der Waals surface area contributed by atoms with Crippen molar-refractivity contribution in [2.24, 2.45) is 0 Å². The van der Waals surface area contributed by atoms with Gasteiger partial charge in [0, 0.05) is 13.6 Å². The van der Waals surface area contributed by atoms with E-state index in [2.05, 4.69) is 21.3 Å². The van der Waals surface area contributed by atoms with Crippen LogP contribution in [-0.4, -0.2) is 189 Å². The first-order chi connectivity index (χ1) is 28.0. The van der Waals surface area contributed by atoms with Crippen LogP contribution in [0.5, 0.6) is 0 Å². The Labute approximate surface area is 356 Å². The van der Waals surface area contributed by atoms with E-state index in [9.17, 15) is 49.8 Å². The molecule has 2 fully saturated rings. The van der Waals surface area contributed by atoms with E-state index >= 15 is 0 Å². The molecular weight excluding hydrogens is 810 g/mol. The van der Waals surface area contributed by atoms with Crippen molar-refractivity contribution >= 4 is 24.2 Å². The lowest BCUT2D eigenvalue weighted by atomic mass is 9.83. The molecule has 0 aromatic carbocycles. The van der Waals surface area contributed by atoms with Crippen LogP contribution < -0.4 is 21.3 Å². The van der Waals surface area contributed by atoms with Crippen LogP contribution in [0.2, 0.25) is 0 Å². The average Bonchev–Trinajstić information content (AvgIpc) is 3.10. The van der Waals surface area contributed by atoms with Gasteiger partial charge in [0.05, 0.1) is 50.0 Å². The Kier molecular flexibility index (Phi) is 18.0. The second-order valence-corrected chi connectivity index (χ2v) is 18.7. The van der Waals surface area contributed by atoms with E-state index in [-0.39, 0.29) is 25.9 Å². The molecule has 0 aromatic rings. The molecule has 0 bridgehead atoms. The quantitative estimate of drug-likeness (QED) is 0.0942.